The number of carbonyl (C=O) groups is 1. The highest BCUT2D eigenvalue weighted by Crippen LogP contribution is 2.21. The van der Waals surface area contributed by atoms with Crippen LogP contribution in [-0.4, -0.2) is 38.9 Å². The third kappa shape index (κ3) is 3.70. The highest BCUT2D eigenvalue weighted by molar-refractivity contribution is 7.91. The van der Waals surface area contributed by atoms with Gasteiger partial charge in [0.2, 0.25) is 5.91 Å². The number of hydrogen-bond acceptors (Lipinski definition) is 4. The van der Waals surface area contributed by atoms with Crippen molar-refractivity contribution >= 4 is 21.4 Å². The minimum Gasteiger partial charge on any atom is -0.381 e. The zero-order valence-corrected chi connectivity index (χ0v) is 11.7. The molecule has 2 N–H and O–H groups in total. The fourth-order valence-electron chi connectivity index (χ4n) is 2.21. The molecule has 1 aromatic rings. The van der Waals surface area contributed by atoms with E-state index in [1.54, 1.807) is 7.05 Å². The van der Waals surface area contributed by atoms with Crippen molar-refractivity contribution in [3.63, 3.8) is 0 Å². The summed E-state index contributed by atoms with van der Waals surface area (Å²) in [6, 6.07) is 7.44. The Morgan fingerprint density at radius 1 is 1.37 bits per heavy atom. The molecular weight excluding hydrogens is 264 g/mol. The van der Waals surface area contributed by atoms with Gasteiger partial charge in [-0.25, -0.2) is 8.42 Å². The number of amides is 1. The maximum absolute atomic E-state index is 11.4. The third-order valence-electron chi connectivity index (χ3n) is 3.24. The second-order valence-electron chi connectivity index (χ2n) is 4.75. The molecule has 0 saturated carbocycles. The van der Waals surface area contributed by atoms with Gasteiger partial charge in [-0.05, 0) is 18.1 Å². The van der Waals surface area contributed by atoms with E-state index in [-0.39, 0.29) is 23.5 Å². The van der Waals surface area contributed by atoms with Crippen molar-refractivity contribution in [3.05, 3.63) is 29.8 Å². The maximum Gasteiger partial charge on any atom is 0.224 e. The van der Waals surface area contributed by atoms with Crippen LogP contribution in [0.1, 0.15) is 12.0 Å². The van der Waals surface area contributed by atoms with Gasteiger partial charge in [-0.1, -0.05) is 18.2 Å². The normalized spacial score (nSPS) is 21.0. The standard InChI is InChI=1S/C13H18N2O3S/c1-14-13(16)8-10-4-2-3-5-12(10)15-11-6-7-19(17,18)9-11/h2-5,11,15H,6-9H2,1H3,(H,14,16). The summed E-state index contributed by atoms with van der Waals surface area (Å²) in [6.07, 6.45) is 0.912. The molecule has 6 heteroatoms. The molecule has 0 bridgehead atoms. The van der Waals surface area contributed by atoms with E-state index in [9.17, 15) is 13.2 Å². The van der Waals surface area contributed by atoms with Crippen LogP contribution in [0.25, 0.3) is 0 Å². The van der Waals surface area contributed by atoms with Crippen molar-refractivity contribution in [2.24, 2.45) is 0 Å². The number of likely N-dealkylation sites (N-methyl/N-ethyl adjacent to an activating group) is 1. The van der Waals surface area contributed by atoms with Crippen molar-refractivity contribution in [2.45, 2.75) is 18.9 Å². The van der Waals surface area contributed by atoms with Gasteiger partial charge in [0.25, 0.3) is 0 Å². The number of carbonyl (C=O) groups excluding carboxylic acids is 1. The fourth-order valence-corrected chi connectivity index (χ4v) is 3.88. The summed E-state index contributed by atoms with van der Waals surface area (Å²) in [5.41, 5.74) is 1.72. The number of benzene rings is 1. The van der Waals surface area contributed by atoms with Crippen molar-refractivity contribution in [3.8, 4) is 0 Å². The molecule has 1 amide bonds. The van der Waals surface area contributed by atoms with Gasteiger partial charge in [-0.2, -0.15) is 0 Å². The van der Waals surface area contributed by atoms with Gasteiger partial charge in [0.1, 0.15) is 0 Å². The molecule has 1 aliphatic rings. The molecule has 104 valence electrons. The predicted molar refractivity (Wildman–Crippen MR) is 74.9 cm³/mol. The van der Waals surface area contributed by atoms with E-state index in [0.717, 1.165) is 11.3 Å². The smallest absolute Gasteiger partial charge is 0.224 e. The van der Waals surface area contributed by atoms with Crippen LogP contribution in [0.2, 0.25) is 0 Å². The van der Waals surface area contributed by atoms with Crippen LogP contribution in [0.5, 0.6) is 0 Å². The largest absolute Gasteiger partial charge is 0.381 e. The SMILES string of the molecule is CNC(=O)Cc1ccccc1NC1CCS(=O)(=O)C1. The molecule has 1 fully saturated rings. The molecular formula is C13H18N2O3S. The second-order valence-corrected chi connectivity index (χ2v) is 6.98. The highest BCUT2D eigenvalue weighted by atomic mass is 32.2. The van der Waals surface area contributed by atoms with E-state index in [1.807, 2.05) is 24.3 Å². The molecule has 1 aromatic carbocycles. The molecule has 1 heterocycles. The summed E-state index contributed by atoms with van der Waals surface area (Å²) in [6.45, 7) is 0. The zero-order chi connectivity index (χ0) is 13.9. The van der Waals surface area contributed by atoms with Crippen LogP contribution in [-0.2, 0) is 21.1 Å². The van der Waals surface area contributed by atoms with Crippen molar-refractivity contribution < 1.29 is 13.2 Å². The van der Waals surface area contributed by atoms with Gasteiger partial charge in [0.05, 0.1) is 17.9 Å². The van der Waals surface area contributed by atoms with Gasteiger partial charge in [-0.15, -0.1) is 0 Å². The van der Waals surface area contributed by atoms with Gasteiger partial charge < -0.3 is 10.6 Å². The molecule has 0 aromatic heterocycles. The van der Waals surface area contributed by atoms with Gasteiger partial charge in [0, 0.05) is 18.8 Å². The fraction of sp³-hybridized carbons (Fsp3) is 0.462. The van der Waals surface area contributed by atoms with E-state index in [4.69, 9.17) is 0 Å². The Morgan fingerprint density at radius 2 is 2.11 bits per heavy atom. The topological polar surface area (TPSA) is 75.3 Å². The van der Waals surface area contributed by atoms with Gasteiger partial charge in [0.15, 0.2) is 9.84 Å². The lowest BCUT2D eigenvalue weighted by Gasteiger charge is -2.16. The second kappa shape index (κ2) is 5.61. The average Bonchev–Trinajstić information content (AvgIpc) is 2.71. The summed E-state index contributed by atoms with van der Waals surface area (Å²) in [5, 5.41) is 5.82. The minimum absolute atomic E-state index is 0.0594. The van der Waals surface area contributed by atoms with Crippen molar-refractivity contribution in [2.75, 3.05) is 23.9 Å². The molecule has 5 nitrogen and oxygen atoms in total. The zero-order valence-electron chi connectivity index (χ0n) is 10.8. The molecule has 1 saturated heterocycles. The molecule has 0 spiro atoms. The first kappa shape index (κ1) is 13.9. The first-order valence-corrected chi connectivity index (χ1v) is 8.08. The monoisotopic (exact) mass is 282 g/mol. The molecule has 1 aliphatic heterocycles. The van der Waals surface area contributed by atoms with Crippen LogP contribution in [0.15, 0.2) is 24.3 Å². The molecule has 0 aliphatic carbocycles. The van der Waals surface area contributed by atoms with Crippen LogP contribution in [0.4, 0.5) is 5.69 Å². The van der Waals surface area contributed by atoms with Crippen LogP contribution >= 0.6 is 0 Å². The van der Waals surface area contributed by atoms with E-state index in [2.05, 4.69) is 10.6 Å². The van der Waals surface area contributed by atoms with Crippen molar-refractivity contribution in [1.82, 2.24) is 5.32 Å². The Hall–Kier alpha value is -1.56. The summed E-state index contributed by atoms with van der Waals surface area (Å²) in [7, 11) is -1.30. The van der Waals surface area contributed by atoms with Gasteiger partial charge in [-0.3, -0.25) is 4.79 Å². The number of para-hydroxylation sites is 1. The number of anilines is 1. The Morgan fingerprint density at radius 3 is 2.74 bits per heavy atom. The summed E-state index contributed by atoms with van der Waals surface area (Å²) >= 11 is 0. The molecule has 0 radical (unpaired) electrons. The Labute approximate surface area is 113 Å². The van der Waals surface area contributed by atoms with E-state index < -0.39 is 9.84 Å². The lowest BCUT2D eigenvalue weighted by Crippen LogP contribution is -2.24. The molecule has 1 atom stereocenters. The quantitative estimate of drug-likeness (QED) is 0.847. The Balaban J connectivity index is 2.10. The van der Waals surface area contributed by atoms with E-state index in [0.29, 0.717) is 12.8 Å². The molecule has 19 heavy (non-hydrogen) atoms. The first-order valence-electron chi connectivity index (χ1n) is 6.25. The first-order chi connectivity index (χ1) is 9.00. The molecule has 1 unspecified atom stereocenters. The Kier molecular flexibility index (Phi) is 4.09. The number of sulfone groups is 1. The van der Waals surface area contributed by atoms with Crippen molar-refractivity contribution in [1.29, 1.82) is 0 Å². The average molecular weight is 282 g/mol. The maximum atomic E-state index is 11.4. The number of nitrogens with one attached hydrogen (secondary N) is 2. The summed E-state index contributed by atoms with van der Waals surface area (Å²) < 4.78 is 22.9. The van der Waals surface area contributed by atoms with Crippen LogP contribution in [0, 0.1) is 0 Å². The van der Waals surface area contributed by atoms with E-state index in [1.165, 1.54) is 0 Å². The summed E-state index contributed by atoms with van der Waals surface area (Å²) in [4.78, 5) is 11.4. The van der Waals surface area contributed by atoms with E-state index >= 15 is 0 Å². The number of rotatable bonds is 4. The lowest BCUT2D eigenvalue weighted by molar-refractivity contribution is -0.119. The highest BCUT2D eigenvalue weighted by Gasteiger charge is 2.28. The molecule has 2 rings (SSSR count). The number of hydrogen-bond donors (Lipinski definition) is 2. The lowest BCUT2D eigenvalue weighted by atomic mass is 10.1. The minimum atomic E-state index is -2.90. The Bertz CT molecular complexity index is 569. The predicted octanol–water partition coefficient (Wildman–Crippen LogP) is 0.574. The van der Waals surface area contributed by atoms with Gasteiger partial charge >= 0.3 is 0 Å². The third-order valence-corrected chi connectivity index (χ3v) is 5.01. The van der Waals surface area contributed by atoms with Crippen LogP contribution < -0.4 is 10.6 Å². The summed E-state index contributed by atoms with van der Waals surface area (Å²) in [5.74, 6) is 0.345. The van der Waals surface area contributed by atoms with Crippen LogP contribution in [0.3, 0.4) is 0 Å².